The predicted octanol–water partition coefficient (Wildman–Crippen LogP) is 2.06. The standard InChI is InChI=1S/C14H12N4O3/c1-10-5-6-11(8-13(10)18(20)21)14(19)17-16-9-12-4-2-3-7-15-12/h2-9H,1H3,(H,17,19). The fraction of sp³-hybridized carbons (Fsp3) is 0.0714. The number of hydrogen-bond donors (Lipinski definition) is 1. The molecule has 106 valence electrons. The quantitative estimate of drug-likeness (QED) is 0.528. The Balaban J connectivity index is 2.09. The molecule has 1 aromatic heterocycles. The smallest absolute Gasteiger partial charge is 0.267 e. The Morgan fingerprint density at radius 3 is 2.86 bits per heavy atom. The molecule has 7 nitrogen and oxygen atoms in total. The molecule has 7 heteroatoms. The van der Waals surface area contributed by atoms with E-state index >= 15 is 0 Å². The maximum atomic E-state index is 11.9. The molecule has 0 bridgehead atoms. The highest BCUT2D eigenvalue weighted by Crippen LogP contribution is 2.19. The number of hydrogen-bond acceptors (Lipinski definition) is 5. The maximum absolute atomic E-state index is 11.9. The number of nitro benzene ring substituents is 1. The topological polar surface area (TPSA) is 97.5 Å². The van der Waals surface area contributed by atoms with Crippen LogP contribution in [0, 0.1) is 17.0 Å². The number of carbonyl (C=O) groups excluding carboxylic acids is 1. The molecule has 0 aliphatic rings. The number of aromatic nitrogens is 1. The number of amides is 1. The predicted molar refractivity (Wildman–Crippen MR) is 77.1 cm³/mol. The van der Waals surface area contributed by atoms with Crippen LogP contribution in [0.15, 0.2) is 47.7 Å². The van der Waals surface area contributed by atoms with E-state index in [0.717, 1.165) is 0 Å². The van der Waals surface area contributed by atoms with Gasteiger partial charge in [0, 0.05) is 23.4 Å². The minimum atomic E-state index is -0.525. The monoisotopic (exact) mass is 284 g/mol. The van der Waals surface area contributed by atoms with Crippen LogP contribution >= 0.6 is 0 Å². The summed E-state index contributed by atoms with van der Waals surface area (Å²) in [6.07, 6.45) is 2.99. The summed E-state index contributed by atoms with van der Waals surface area (Å²) in [4.78, 5) is 26.2. The number of hydrazone groups is 1. The number of benzene rings is 1. The number of nitrogens with one attached hydrogen (secondary N) is 1. The number of rotatable bonds is 4. The van der Waals surface area contributed by atoms with Gasteiger partial charge in [-0.3, -0.25) is 19.9 Å². The van der Waals surface area contributed by atoms with Crippen molar-refractivity contribution in [2.24, 2.45) is 5.10 Å². The fourth-order valence-electron chi connectivity index (χ4n) is 1.62. The number of nitrogens with zero attached hydrogens (tertiary/aromatic N) is 3. The molecule has 0 fully saturated rings. The fourth-order valence-corrected chi connectivity index (χ4v) is 1.62. The second kappa shape index (κ2) is 6.38. The molecular formula is C14H12N4O3. The summed E-state index contributed by atoms with van der Waals surface area (Å²) < 4.78 is 0. The van der Waals surface area contributed by atoms with Gasteiger partial charge in [-0.2, -0.15) is 5.10 Å². The Hall–Kier alpha value is -3.09. The first-order chi connectivity index (χ1) is 10.1. The normalized spacial score (nSPS) is 10.5. The lowest BCUT2D eigenvalue weighted by Gasteiger charge is -2.01. The Labute approximate surface area is 120 Å². The van der Waals surface area contributed by atoms with E-state index < -0.39 is 10.8 Å². The third-order valence-corrected chi connectivity index (χ3v) is 2.72. The highest BCUT2D eigenvalue weighted by atomic mass is 16.6. The lowest BCUT2D eigenvalue weighted by atomic mass is 10.1. The number of nitro groups is 1. The molecule has 1 aromatic carbocycles. The average Bonchev–Trinajstić information content (AvgIpc) is 2.48. The minimum absolute atomic E-state index is 0.101. The van der Waals surface area contributed by atoms with Crippen LogP contribution in [0.25, 0.3) is 0 Å². The van der Waals surface area contributed by atoms with Crippen molar-refractivity contribution >= 4 is 17.8 Å². The summed E-state index contributed by atoms with van der Waals surface area (Å²) in [6.45, 7) is 1.61. The Kier molecular flexibility index (Phi) is 4.35. The third kappa shape index (κ3) is 3.69. The van der Waals surface area contributed by atoms with E-state index in [1.807, 2.05) is 0 Å². The van der Waals surface area contributed by atoms with Gasteiger partial charge in [0.05, 0.1) is 16.8 Å². The van der Waals surface area contributed by atoms with Crippen LogP contribution in [-0.4, -0.2) is 22.0 Å². The summed E-state index contributed by atoms with van der Waals surface area (Å²) >= 11 is 0. The van der Waals surface area contributed by atoms with Gasteiger partial charge in [0.2, 0.25) is 0 Å². The number of aryl methyl sites for hydroxylation is 1. The lowest BCUT2D eigenvalue weighted by molar-refractivity contribution is -0.385. The largest absolute Gasteiger partial charge is 0.273 e. The summed E-state index contributed by atoms with van der Waals surface area (Å²) in [6, 6.07) is 9.54. The Morgan fingerprint density at radius 2 is 2.19 bits per heavy atom. The van der Waals surface area contributed by atoms with Crippen molar-refractivity contribution in [3.8, 4) is 0 Å². The molecule has 0 radical (unpaired) electrons. The molecule has 0 saturated heterocycles. The van der Waals surface area contributed by atoms with Gasteiger partial charge in [-0.1, -0.05) is 12.1 Å². The van der Waals surface area contributed by atoms with E-state index in [4.69, 9.17) is 0 Å². The average molecular weight is 284 g/mol. The van der Waals surface area contributed by atoms with Crippen molar-refractivity contribution in [1.82, 2.24) is 10.4 Å². The van der Waals surface area contributed by atoms with Crippen LogP contribution in [0.1, 0.15) is 21.6 Å². The second-order valence-electron chi connectivity index (χ2n) is 4.21. The minimum Gasteiger partial charge on any atom is -0.267 e. The summed E-state index contributed by atoms with van der Waals surface area (Å²) in [5.74, 6) is -0.523. The van der Waals surface area contributed by atoms with E-state index in [1.165, 1.54) is 24.4 Å². The highest BCUT2D eigenvalue weighted by molar-refractivity contribution is 5.95. The summed E-state index contributed by atoms with van der Waals surface area (Å²) in [5, 5.41) is 14.6. The Bertz CT molecular complexity index is 699. The van der Waals surface area contributed by atoms with E-state index in [9.17, 15) is 14.9 Å². The molecule has 2 rings (SSSR count). The van der Waals surface area contributed by atoms with Crippen molar-refractivity contribution < 1.29 is 9.72 Å². The molecule has 2 aromatic rings. The van der Waals surface area contributed by atoms with Crippen molar-refractivity contribution in [1.29, 1.82) is 0 Å². The third-order valence-electron chi connectivity index (χ3n) is 2.72. The van der Waals surface area contributed by atoms with Gasteiger partial charge in [0.25, 0.3) is 11.6 Å². The van der Waals surface area contributed by atoms with Crippen LogP contribution in [0.3, 0.4) is 0 Å². The highest BCUT2D eigenvalue weighted by Gasteiger charge is 2.14. The number of pyridine rings is 1. The zero-order chi connectivity index (χ0) is 15.2. The molecule has 1 amide bonds. The van der Waals surface area contributed by atoms with Crippen LogP contribution in [0.2, 0.25) is 0 Å². The first kappa shape index (κ1) is 14.3. The molecule has 1 N–H and O–H groups in total. The summed E-state index contributed by atoms with van der Waals surface area (Å²) in [5.41, 5.74) is 3.46. The van der Waals surface area contributed by atoms with Crippen LogP contribution in [-0.2, 0) is 0 Å². The van der Waals surface area contributed by atoms with Gasteiger partial charge in [-0.25, -0.2) is 5.43 Å². The van der Waals surface area contributed by atoms with Crippen molar-refractivity contribution in [2.45, 2.75) is 6.92 Å². The SMILES string of the molecule is Cc1ccc(C(=O)NN=Cc2ccccn2)cc1[N+](=O)[O-]. The first-order valence-electron chi connectivity index (χ1n) is 6.07. The molecule has 0 atom stereocenters. The van der Waals surface area contributed by atoms with Crippen LogP contribution in [0.4, 0.5) is 5.69 Å². The molecule has 21 heavy (non-hydrogen) atoms. The zero-order valence-corrected chi connectivity index (χ0v) is 11.2. The zero-order valence-electron chi connectivity index (χ0n) is 11.2. The maximum Gasteiger partial charge on any atom is 0.273 e. The molecule has 0 aliphatic carbocycles. The van der Waals surface area contributed by atoms with E-state index in [-0.39, 0.29) is 11.3 Å². The van der Waals surface area contributed by atoms with Gasteiger partial charge >= 0.3 is 0 Å². The second-order valence-corrected chi connectivity index (χ2v) is 4.21. The molecule has 0 spiro atoms. The summed E-state index contributed by atoms with van der Waals surface area (Å²) in [7, 11) is 0. The first-order valence-corrected chi connectivity index (χ1v) is 6.07. The van der Waals surface area contributed by atoms with Gasteiger partial charge < -0.3 is 0 Å². The van der Waals surface area contributed by atoms with Crippen LogP contribution < -0.4 is 5.43 Å². The number of carbonyl (C=O) groups is 1. The van der Waals surface area contributed by atoms with E-state index in [1.54, 1.807) is 31.3 Å². The lowest BCUT2D eigenvalue weighted by Crippen LogP contribution is -2.18. The van der Waals surface area contributed by atoms with Crippen molar-refractivity contribution in [2.75, 3.05) is 0 Å². The molecule has 0 aliphatic heterocycles. The van der Waals surface area contributed by atoms with Gasteiger partial charge in [0.15, 0.2) is 0 Å². The van der Waals surface area contributed by atoms with Crippen molar-refractivity contribution in [3.63, 3.8) is 0 Å². The molecule has 0 unspecified atom stereocenters. The molecule has 0 saturated carbocycles. The van der Waals surface area contributed by atoms with Crippen LogP contribution in [0.5, 0.6) is 0 Å². The molecular weight excluding hydrogens is 272 g/mol. The van der Waals surface area contributed by atoms with E-state index in [2.05, 4.69) is 15.5 Å². The van der Waals surface area contributed by atoms with Gasteiger partial charge in [0.1, 0.15) is 0 Å². The van der Waals surface area contributed by atoms with Gasteiger partial charge in [-0.05, 0) is 25.1 Å². The van der Waals surface area contributed by atoms with E-state index in [0.29, 0.717) is 11.3 Å². The Morgan fingerprint density at radius 1 is 1.38 bits per heavy atom. The van der Waals surface area contributed by atoms with Crippen molar-refractivity contribution in [3.05, 3.63) is 69.5 Å². The molecule has 1 heterocycles. The van der Waals surface area contributed by atoms with Gasteiger partial charge in [-0.15, -0.1) is 0 Å².